The maximum atomic E-state index is 11.9. The van der Waals surface area contributed by atoms with E-state index in [9.17, 15) is 4.79 Å². The van der Waals surface area contributed by atoms with Crippen LogP contribution in [0.25, 0.3) is 0 Å². The molecule has 0 bridgehead atoms. The van der Waals surface area contributed by atoms with Crippen LogP contribution in [0.2, 0.25) is 0 Å². The molecule has 0 fully saturated rings. The summed E-state index contributed by atoms with van der Waals surface area (Å²) in [5.41, 5.74) is 0.705. The third-order valence-corrected chi connectivity index (χ3v) is 3.02. The first kappa shape index (κ1) is 12.0. The van der Waals surface area contributed by atoms with Gasteiger partial charge < -0.3 is 4.90 Å². The molecule has 3 nitrogen and oxygen atoms in total. The summed E-state index contributed by atoms with van der Waals surface area (Å²) in [7, 11) is 1.16. The second-order valence-corrected chi connectivity index (χ2v) is 8.90. The molecule has 1 rings (SSSR count). The number of nitrogens with zero attached hydrogens (tertiary/aromatic N) is 2. The van der Waals surface area contributed by atoms with Crippen molar-refractivity contribution in [2.75, 3.05) is 31.7 Å². The van der Waals surface area contributed by atoms with Crippen molar-refractivity contribution < 1.29 is 4.79 Å². The van der Waals surface area contributed by atoms with Crippen molar-refractivity contribution in [2.45, 2.75) is 0 Å². The second-order valence-electron chi connectivity index (χ2n) is 4.46. The van der Waals surface area contributed by atoms with E-state index in [1.165, 1.54) is 0 Å². The first-order valence-electron chi connectivity index (χ1n) is 4.72. The lowest BCUT2D eigenvalue weighted by Gasteiger charge is -2.31. The Balaban J connectivity index is 2.70. The summed E-state index contributed by atoms with van der Waals surface area (Å²) >= 11 is 0. The molecule has 0 radical (unpaired) electrons. The first-order chi connectivity index (χ1) is 6.90. The summed E-state index contributed by atoms with van der Waals surface area (Å²) in [6, 6.07) is 3.49. The lowest BCUT2D eigenvalue weighted by Crippen LogP contribution is -2.29. The Bertz CT molecular complexity index is 332. The van der Waals surface area contributed by atoms with Crippen molar-refractivity contribution >= 4 is 15.9 Å². The summed E-state index contributed by atoms with van der Waals surface area (Å²) < 4.78 is 0. The number of amides is 1. The predicted octanol–water partition coefficient (Wildman–Crippen LogP) is 1.81. The predicted molar refractivity (Wildman–Crippen MR) is 66.6 cm³/mol. The van der Waals surface area contributed by atoms with Gasteiger partial charge in [-0.3, -0.25) is 9.78 Å². The molecule has 1 aromatic heterocycles. The molecule has 15 heavy (non-hydrogen) atoms. The van der Waals surface area contributed by atoms with Crippen molar-refractivity contribution in [3.05, 3.63) is 30.1 Å². The van der Waals surface area contributed by atoms with Crippen LogP contribution in [-0.4, -0.2) is 47.5 Å². The van der Waals surface area contributed by atoms with Gasteiger partial charge in [0.05, 0.1) is 5.88 Å². The molecule has 1 amide bonds. The zero-order valence-corrected chi connectivity index (χ0v) is 10.5. The van der Waals surface area contributed by atoms with Crippen LogP contribution >= 0.6 is 10.0 Å². The van der Waals surface area contributed by atoms with Gasteiger partial charge in [0.25, 0.3) is 5.91 Å². The fourth-order valence-electron chi connectivity index (χ4n) is 1.35. The van der Waals surface area contributed by atoms with Gasteiger partial charge in [0, 0.05) is 25.0 Å². The second kappa shape index (κ2) is 4.66. The normalized spacial score (nSPS) is 12.3. The highest BCUT2D eigenvalue weighted by atomic mass is 32.3. The molecular formula is C11H18N2OS. The van der Waals surface area contributed by atoms with Gasteiger partial charge in [0.2, 0.25) is 0 Å². The van der Waals surface area contributed by atoms with E-state index in [2.05, 4.69) is 23.8 Å². The minimum absolute atomic E-state index is 0.0693. The van der Waals surface area contributed by atoms with E-state index in [1.807, 2.05) is 7.05 Å². The fourth-order valence-corrected chi connectivity index (χ4v) is 2.63. The summed E-state index contributed by atoms with van der Waals surface area (Å²) in [5, 5.41) is 0. The van der Waals surface area contributed by atoms with Crippen LogP contribution in [0.1, 0.15) is 10.4 Å². The molecule has 84 valence electrons. The molecule has 1 heterocycles. The van der Waals surface area contributed by atoms with Crippen LogP contribution in [0, 0.1) is 0 Å². The van der Waals surface area contributed by atoms with Gasteiger partial charge in [-0.05, 0) is 30.9 Å². The molecule has 0 atom stereocenters. The zero-order valence-electron chi connectivity index (χ0n) is 9.73. The van der Waals surface area contributed by atoms with Gasteiger partial charge in [-0.1, -0.05) is 0 Å². The van der Waals surface area contributed by atoms with Crippen molar-refractivity contribution in [1.29, 1.82) is 0 Å². The molecule has 0 aliphatic heterocycles. The van der Waals surface area contributed by atoms with E-state index in [4.69, 9.17) is 0 Å². The number of pyridine rings is 1. The van der Waals surface area contributed by atoms with Crippen LogP contribution in [0.3, 0.4) is 0 Å². The van der Waals surface area contributed by atoms with E-state index in [1.54, 1.807) is 29.4 Å². The molecule has 0 saturated carbocycles. The Hall–Kier alpha value is -1.03. The number of carbonyl (C=O) groups is 1. The zero-order chi connectivity index (χ0) is 11.5. The quantitative estimate of drug-likeness (QED) is 0.787. The van der Waals surface area contributed by atoms with Gasteiger partial charge in [-0.2, -0.15) is 0 Å². The van der Waals surface area contributed by atoms with E-state index < -0.39 is 10.0 Å². The Kier molecular flexibility index (Phi) is 3.74. The van der Waals surface area contributed by atoms with Crippen molar-refractivity contribution in [3.63, 3.8) is 0 Å². The molecule has 0 aliphatic rings. The molecule has 0 unspecified atom stereocenters. The Morgan fingerprint density at radius 3 is 2.33 bits per heavy atom. The summed E-state index contributed by atoms with van der Waals surface area (Å²) in [5.74, 6) is 0.897. The maximum absolute atomic E-state index is 11.9. The highest BCUT2D eigenvalue weighted by Crippen LogP contribution is 2.34. The fraction of sp³-hybridized carbons (Fsp3) is 0.455. The smallest absolute Gasteiger partial charge is 0.254 e. The Morgan fingerprint density at radius 1 is 1.33 bits per heavy atom. The summed E-state index contributed by atoms with van der Waals surface area (Å²) in [6.07, 6.45) is 9.88. The summed E-state index contributed by atoms with van der Waals surface area (Å²) in [6.45, 7) is 0. The van der Waals surface area contributed by atoms with Crippen LogP contribution in [-0.2, 0) is 0 Å². The average molecular weight is 226 g/mol. The first-order valence-corrected chi connectivity index (χ1v) is 7.74. The molecule has 0 aliphatic carbocycles. The highest BCUT2D eigenvalue weighted by molar-refractivity contribution is 8.32. The minimum atomic E-state index is -0.687. The number of hydrogen-bond acceptors (Lipinski definition) is 2. The average Bonchev–Trinajstić information content (AvgIpc) is 2.15. The van der Waals surface area contributed by atoms with E-state index in [-0.39, 0.29) is 5.91 Å². The third-order valence-electron chi connectivity index (χ3n) is 1.85. The van der Waals surface area contributed by atoms with Gasteiger partial charge >= 0.3 is 0 Å². The molecule has 1 aromatic rings. The standard InChI is InChI=1S/C11H18N2OS/c1-13(9-15(2,3)4)11(14)10-5-7-12-8-6-10/h5-8H,9H2,1-4H3. The highest BCUT2D eigenvalue weighted by Gasteiger charge is 2.15. The SMILES string of the molecule is CN(CS(C)(C)C)C(=O)c1ccncc1. The lowest BCUT2D eigenvalue weighted by molar-refractivity contribution is 0.0819. The monoisotopic (exact) mass is 226 g/mol. The molecule has 4 heteroatoms. The molecule has 0 aromatic carbocycles. The third kappa shape index (κ3) is 3.91. The van der Waals surface area contributed by atoms with Crippen molar-refractivity contribution in [1.82, 2.24) is 9.88 Å². The van der Waals surface area contributed by atoms with E-state index >= 15 is 0 Å². The van der Waals surface area contributed by atoms with Crippen LogP contribution in [0.15, 0.2) is 24.5 Å². The number of hydrogen-bond donors (Lipinski definition) is 0. The van der Waals surface area contributed by atoms with Crippen LogP contribution < -0.4 is 0 Å². The summed E-state index contributed by atoms with van der Waals surface area (Å²) in [4.78, 5) is 17.6. The Morgan fingerprint density at radius 2 is 1.87 bits per heavy atom. The largest absolute Gasteiger partial charge is 0.334 e. The molecular weight excluding hydrogens is 208 g/mol. The van der Waals surface area contributed by atoms with Gasteiger partial charge in [0.1, 0.15) is 0 Å². The maximum Gasteiger partial charge on any atom is 0.254 e. The minimum Gasteiger partial charge on any atom is -0.334 e. The molecule has 0 spiro atoms. The van der Waals surface area contributed by atoms with Crippen molar-refractivity contribution in [2.24, 2.45) is 0 Å². The van der Waals surface area contributed by atoms with Gasteiger partial charge in [-0.15, -0.1) is 0 Å². The van der Waals surface area contributed by atoms with E-state index in [0.29, 0.717) is 5.56 Å². The number of rotatable bonds is 3. The van der Waals surface area contributed by atoms with E-state index in [0.717, 1.165) is 5.88 Å². The molecule has 0 N–H and O–H groups in total. The number of aromatic nitrogens is 1. The number of carbonyl (C=O) groups excluding carboxylic acids is 1. The lowest BCUT2D eigenvalue weighted by atomic mass is 10.2. The molecule has 0 saturated heterocycles. The van der Waals surface area contributed by atoms with Gasteiger partial charge in [-0.25, -0.2) is 10.0 Å². The van der Waals surface area contributed by atoms with Crippen molar-refractivity contribution in [3.8, 4) is 0 Å². The Labute approximate surface area is 92.8 Å². The van der Waals surface area contributed by atoms with Crippen LogP contribution in [0.5, 0.6) is 0 Å². The van der Waals surface area contributed by atoms with Gasteiger partial charge in [0.15, 0.2) is 0 Å². The van der Waals surface area contributed by atoms with Crippen LogP contribution in [0.4, 0.5) is 0 Å². The topological polar surface area (TPSA) is 33.2 Å².